The Morgan fingerprint density at radius 2 is 2.07 bits per heavy atom. The number of hydrogen-bond acceptors (Lipinski definition) is 3. The van der Waals surface area contributed by atoms with Crippen molar-refractivity contribution in [3.8, 4) is 11.5 Å². The Morgan fingerprint density at radius 3 is 2.64 bits per heavy atom. The first-order valence-electron chi connectivity index (χ1n) is 4.73. The Kier molecular flexibility index (Phi) is 3.77. The van der Waals surface area contributed by atoms with E-state index in [4.69, 9.17) is 9.84 Å². The first-order valence-corrected chi connectivity index (χ1v) is 4.73. The summed E-state index contributed by atoms with van der Waals surface area (Å²) in [7, 11) is 0. The summed E-state index contributed by atoms with van der Waals surface area (Å²) in [6.45, 7) is 3.85. The summed E-state index contributed by atoms with van der Waals surface area (Å²) in [6.07, 6.45) is 0.476. The van der Waals surface area contributed by atoms with Gasteiger partial charge in [-0.05, 0) is 26.0 Å². The molecule has 3 heteroatoms. The van der Waals surface area contributed by atoms with Crippen LogP contribution in [0.1, 0.15) is 19.4 Å². The second-order valence-electron chi connectivity index (χ2n) is 3.39. The zero-order valence-corrected chi connectivity index (χ0v) is 8.53. The van der Waals surface area contributed by atoms with E-state index in [-0.39, 0.29) is 18.5 Å². The fourth-order valence-corrected chi connectivity index (χ4v) is 1.28. The average molecular weight is 196 g/mol. The van der Waals surface area contributed by atoms with Gasteiger partial charge in [0.05, 0.1) is 6.10 Å². The highest BCUT2D eigenvalue weighted by Gasteiger charge is 2.09. The zero-order chi connectivity index (χ0) is 10.6. The second-order valence-corrected chi connectivity index (χ2v) is 3.39. The lowest BCUT2D eigenvalue weighted by molar-refractivity contribution is 0.234. The molecule has 0 unspecified atom stereocenters. The Morgan fingerprint density at radius 1 is 1.36 bits per heavy atom. The third-order valence-corrected chi connectivity index (χ3v) is 1.83. The molecular weight excluding hydrogens is 180 g/mol. The fourth-order valence-electron chi connectivity index (χ4n) is 1.28. The van der Waals surface area contributed by atoms with Gasteiger partial charge in [0.15, 0.2) is 0 Å². The van der Waals surface area contributed by atoms with Crippen molar-refractivity contribution in [3.63, 3.8) is 0 Å². The van der Waals surface area contributed by atoms with Crippen LogP contribution in [0.3, 0.4) is 0 Å². The third-order valence-electron chi connectivity index (χ3n) is 1.83. The van der Waals surface area contributed by atoms with E-state index >= 15 is 0 Å². The highest BCUT2D eigenvalue weighted by molar-refractivity contribution is 5.44. The molecule has 0 saturated carbocycles. The molecule has 78 valence electrons. The highest BCUT2D eigenvalue weighted by Crippen LogP contribution is 2.28. The summed E-state index contributed by atoms with van der Waals surface area (Å²) in [6, 6.07) is 5.12. The first kappa shape index (κ1) is 10.9. The SMILES string of the molecule is CC(C)Oc1cccc(O)c1CCO. The van der Waals surface area contributed by atoms with Gasteiger partial charge < -0.3 is 14.9 Å². The predicted molar refractivity (Wildman–Crippen MR) is 54.7 cm³/mol. The first-order chi connectivity index (χ1) is 6.65. The number of hydrogen-bond donors (Lipinski definition) is 2. The van der Waals surface area contributed by atoms with Gasteiger partial charge in [-0.25, -0.2) is 0 Å². The maximum Gasteiger partial charge on any atom is 0.126 e. The van der Waals surface area contributed by atoms with E-state index in [1.807, 2.05) is 13.8 Å². The molecule has 0 atom stereocenters. The van der Waals surface area contributed by atoms with Gasteiger partial charge in [0.25, 0.3) is 0 Å². The van der Waals surface area contributed by atoms with Gasteiger partial charge in [0, 0.05) is 18.6 Å². The molecule has 0 spiro atoms. The lowest BCUT2D eigenvalue weighted by Crippen LogP contribution is -2.08. The Hall–Kier alpha value is -1.22. The van der Waals surface area contributed by atoms with Crippen LogP contribution in [0.5, 0.6) is 11.5 Å². The molecule has 0 radical (unpaired) electrons. The van der Waals surface area contributed by atoms with Crippen molar-refractivity contribution in [2.75, 3.05) is 6.61 Å². The smallest absolute Gasteiger partial charge is 0.126 e. The van der Waals surface area contributed by atoms with Gasteiger partial charge in [-0.2, -0.15) is 0 Å². The number of ether oxygens (including phenoxy) is 1. The minimum Gasteiger partial charge on any atom is -0.508 e. The van der Waals surface area contributed by atoms with Crippen LogP contribution in [0.15, 0.2) is 18.2 Å². The molecule has 1 rings (SSSR count). The molecule has 0 saturated heterocycles. The lowest BCUT2D eigenvalue weighted by Gasteiger charge is -2.14. The summed E-state index contributed by atoms with van der Waals surface area (Å²) in [5.41, 5.74) is 0.670. The normalized spacial score (nSPS) is 10.6. The molecule has 14 heavy (non-hydrogen) atoms. The van der Waals surface area contributed by atoms with E-state index in [1.165, 1.54) is 0 Å². The van der Waals surface area contributed by atoms with Gasteiger partial charge in [-0.1, -0.05) is 6.07 Å². The number of phenols is 1. The van der Waals surface area contributed by atoms with Crippen LogP contribution >= 0.6 is 0 Å². The molecular formula is C11H16O3. The van der Waals surface area contributed by atoms with Crippen molar-refractivity contribution in [1.82, 2.24) is 0 Å². The van der Waals surface area contributed by atoms with Crippen LogP contribution in [0.4, 0.5) is 0 Å². The lowest BCUT2D eigenvalue weighted by atomic mass is 10.1. The van der Waals surface area contributed by atoms with Crippen molar-refractivity contribution < 1.29 is 14.9 Å². The molecule has 1 aromatic rings. The van der Waals surface area contributed by atoms with Gasteiger partial charge in [0.2, 0.25) is 0 Å². The van der Waals surface area contributed by atoms with Crippen molar-refractivity contribution in [2.45, 2.75) is 26.4 Å². The van der Waals surface area contributed by atoms with Gasteiger partial charge >= 0.3 is 0 Å². The molecule has 0 fully saturated rings. The minimum atomic E-state index is 0.00598. The van der Waals surface area contributed by atoms with Crippen molar-refractivity contribution in [3.05, 3.63) is 23.8 Å². The van der Waals surface area contributed by atoms with Crippen LogP contribution < -0.4 is 4.74 Å². The molecule has 0 heterocycles. The van der Waals surface area contributed by atoms with Crippen molar-refractivity contribution in [2.24, 2.45) is 0 Å². The van der Waals surface area contributed by atoms with E-state index in [0.29, 0.717) is 17.7 Å². The zero-order valence-electron chi connectivity index (χ0n) is 8.53. The monoisotopic (exact) mass is 196 g/mol. The number of phenolic OH excluding ortho intramolecular Hbond substituents is 1. The molecule has 0 aliphatic rings. The largest absolute Gasteiger partial charge is 0.508 e. The van der Waals surface area contributed by atoms with E-state index in [0.717, 1.165) is 0 Å². The molecule has 1 aromatic carbocycles. The van der Waals surface area contributed by atoms with E-state index < -0.39 is 0 Å². The summed E-state index contributed by atoms with van der Waals surface area (Å²) in [5.74, 6) is 0.825. The highest BCUT2D eigenvalue weighted by atomic mass is 16.5. The molecule has 2 N–H and O–H groups in total. The number of aromatic hydroxyl groups is 1. The molecule has 0 amide bonds. The topological polar surface area (TPSA) is 49.7 Å². The standard InChI is InChI=1S/C11H16O3/c1-8(2)14-11-5-3-4-10(13)9(11)6-7-12/h3-5,8,12-13H,6-7H2,1-2H3. The molecule has 0 bridgehead atoms. The van der Waals surface area contributed by atoms with Crippen LogP contribution in [0.2, 0.25) is 0 Å². The van der Waals surface area contributed by atoms with E-state index in [1.54, 1.807) is 18.2 Å². The summed E-state index contributed by atoms with van der Waals surface area (Å²) >= 11 is 0. The Labute approximate surface area is 84.0 Å². The fraction of sp³-hybridized carbons (Fsp3) is 0.455. The molecule has 0 aromatic heterocycles. The molecule has 0 aliphatic carbocycles. The molecule has 0 aliphatic heterocycles. The minimum absolute atomic E-state index is 0.00598. The van der Waals surface area contributed by atoms with Gasteiger partial charge in [0.1, 0.15) is 11.5 Å². The predicted octanol–water partition coefficient (Wildman–Crippen LogP) is 1.71. The maximum absolute atomic E-state index is 9.54. The number of rotatable bonds is 4. The van der Waals surface area contributed by atoms with Crippen molar-refractivity contribution >= 4 is 0 Å². The van der Waals surface area contributed by atoms with Gasteiger partial charge in [-0.3, -0.25) is 0 Å². The number of aliphatic hydroxyl groups excluding tert-OH is 1. The maximum atomic E-state index is 9.54. The van der Waals surface area contributed by atoms with Crippen molar-refractivity contribution in [1.29, 1.82) is 0 Å². The summed E-state index contributed by atoms with van der Waals surface area (Å²) < 4.78 is 5.51. The summed E-state index contributed by atoms with van der Waals surface area (Å²) in [4.78, 5) is 0. The average Bonchev–Trinajstić information content (AvgIpc) is 2.10. The molecule has 3 nitrogen and oxygen atoms in total. The summed E-state index contributed by atoms with van der Waals surface area (Å²) in [5, 5.41) is 18.4. The van der Waals surface area contributed by atoms with Crippen LogP contribution in [-0.2, 0) is 6.42 Å². The van der Waals surface area contributed by atoms with Gasteiger partial charge in [-0.15, -0.1) is 0 Å². The van der Waals surface area contributed by atoms with E-state index in [9.17, 15) is 5.11 Å². The Balaban J connectivity index is 2.95. The third kappa shape index (κ3) is 2.64. The van der Waals surface area contributed by atoms with E-state index in [2.05, 4.69) is 0 Å². The second kappa shape index (κ2) is 4.86. The number of aliphatic hydroxyl groups is 1. The van der Waals surface area contributed by atoms with Crippen LogP contribution in [0.25, 0.3) is 0 Å². The Bertz CT molecular complexity index is 295. The van der Waals surface area contributed by atoms with Crippen LogP contribution in [-0.4, -0.2) is 22.9 Å². The van der Waals surface area contributed by atoms with Crippen LogP contribution in [0, 0.1) is 0 Å². The number of benzene rings is 1. The quantitative estimate of drug-likeness (QED) is 0.770.